The van der Waals surface area contributed by atoms with Gasteiger partial charge >= 0.3 is 23.9 Å². The van der Waals surface area contributed by atoms with Crippen LogP contribution in [0.3, 0.4) is 0 Å². The third kappa shape index (κ3) is 15.0. The summed E-state index contributed by atoms with van der Waals surface area (Å²) in [6, 6.07) is 32.9. The number of ether oxygens (including phenoxy) is 4. The zero-order valence-electron chi connectivity index (χ0n) is 41.4. The van der Waals surface area contributed by atoms with E-state index in [9.17, 15) is 39.6 Å². The Hall–Kier alpha value is -7.02. The van der Waals surface area contributed by atoms with Gasteiger partial charge in [-0.2, -0.15) is 0 Å². The summed E-state index contributed by atoms with van der Waals surface area (Å²) >= 11 is 0. The van der Waals surface area contributed by atoms with E-state index in [-0.39, 0.29) is 68.7 Å². The van der Waals surface area contributed by atoms with Crippen molar-refractivity contribution in [2.75, 3.05) is 0 Å². The van der Waals surface area contributed by atoms with Gasteiger partial charge < -0.3 is 39.4 Å². The fourth-order valence-corrected chi connectivity index (χ4v) is 6.70. The molecule has 0 heterocycles. The third-order valence-electron chi connectivity index (χ3n) is 10.8. The van der Waals surface area contributed by atoms with Gasteiger partial charge in [0, 0.05) is 11.1 Å². The number of carboxylic acids is 4. The maximum Gasteiger partial charge on any atom is 0.335 e. The topological polar surface area (TPSA) is 186 Å². The normalized spacial score (nSPS) is 11.4. The number of hydrogen-bond acceptors (Lipinski definition) is 8. The van der Waals surface area contributed by atoms with Gasteiger partial charge in [0.25, 0.3) is 0 Å². The predicted molar refractivity (Wildman–Crippen MR) is 276 cm³/mol. The number of hydrogen-bond donors (Lipinski definition) is 4. The van der Waals surface area contributed by atoms with Crippen molar-refractivity contribution in [2.24, 2.45) is 0 Å². The Balaban J connectivity index is 0.000000360. The largest absolute Gasteiger partial charge is 0.478 e. The van der Waals surface area contributed by atoms with Crippen LogP contribution in [0.2, 0.25) is 0 Å². The van der Waals surface area contributed by atoms with E-state index in [0.29, 0.717) is 46.0 Å². The molecule has 0 unspecified atom stereocenters. The lowest BCUT2D eigenvalue weighted by Gasteiger charge is -2.29. The van der Waals surface area contributed by atoms with E-state index in [0.717, 1.165) is 22.3 Å². The van der Waals surface area contributed by atoms with E-state index in [1.54, 1.807) is 48.5 Å². The molecule has 0 fully saturated rings. The Labute approximate surface area is 422 Å². The molecule has 0 saturated carbocycles. The quantitative estimate of drug-likeness (QED) is 0.0910. The maximum absolute atomic E-state index is 11.2. The Kier molecular flexibility index (Phi) is 18.5. The van der Waals surface area contributed by atoms with Crippen molar-refractivity contribution >= 4 is 48.7 Å². The van der Waals surface area contributed by atoms with Crippen molar-refractivity contribution in [2.45, 2.75) is 105 Å². The summed E-state index contributed by atoms with van der Waals surface area (Å²) in [5, 5.41) is 36.7. The molecule has 4 N–H and O–H groups in total. The number of carbonyl (C=O) groups is 4. The molecule has 0 aliphatic rings. The fraction of sp³-hybridized carbons (Fsp3) is 0.286. The Morgan fingerprint density at radius 3 is 0.729 bits per heavy atom. The van der Waals surface area contributed by atoms with Gasteiger partial charge in [-0.25, -0.2) is 19.2 Å². The Bertz CT molecular complexity index is 2600. The zero-order chi connectivity index (χ0) is 50.5. The first-order valence-electron chi connectivity index (χ1n) is 21.9. The molecule has 12 nitrogen and oxygen atoms in total. The average Bonchev–Trinajstić information content (AvgIpc) is 3.24. The highest BCUT2D eigenvalue weighted by Gasteiger charge is 2.30. The van der Waals surface area contributed by atoms with Crippen LogP contribution in [0.15, 0.2) is 121 Å². The average molecular weight is 998 g/mol. The van der Waals surface area contributed by atoms with Crippen LogP contribution in [0.1, 0.15) is 147 Å². The van der Waals surface area contributed by atoms with Gasteiger partial charge in [-0.1, -0.05) is 95.2 Å². The molecule has 0 spiro atoms. The van der Waals surface area contributed by atoms with Gasteiger partial charge in [0.05, 0.1) is 22.3 Å². The van der Waals surface area contributed by atoms with E-state index < -0.39 is 23.9 Å². The monoisotopic (exact) mass is 996 g/mol. The minimum Gasteiger partial charge on any atom is -0.478 e. The third-order valence-corrected chi connectivity index (χ3v) is 10.8. The Morgan fingerprint density at radius 1 is 0.329 bits per heavy atom. The number of halogens is 2. The molecule has 0 bridgehead atoms. The molecular weight excluding hydrogens is 936 g/mol. The lowest BCUT2D eigenvalue weighted by atomic mass is 9.80. The van der Waals surface area contributed by atoms with Gasteiger partial charge in [-0.3, -0.25) is 0 Å². The molecule has 6 aromatic rings. The van der Waals surface area contributed by atoms with Crippen molar-refractivity contribution in [1.82, 2.24) is 0 Å². The second-order valence-corrected chi connectivity index (χ2v) is 20.4. The van der Waals surface area contributed by atoms with Crippen LogP contribution in [0.5, 0.6) is 46.0 Å². The molecule has 0 radical (unpaired) electrons. The van der Waals surface area contributed by atoms with E-state index in [1.807, 2.05) is 12.1 Å². The minimum atomic E-state index is -1.01. The summed E-state index contributed by atoms with van der Waals surface area (Å²) in [6.45, 7) is 25.2. The summed E-state index contributed by atoms with van der Waals surface area (Å²) in [5.74, 6) is -0.118. The van der Waals surface area contributed by atoms with Crippen LogP contribution >= 0.6 is 24.8 Å². The first-order valence-corrected chi connectivity index (χ1v) is 21.9. The van der Waals surface area contributed by atoms with Gasteiger partial charge in [0.1, 0.15) is 23.0 Å². The smallest absolute Gasteiger partial charge is 0.335 e. The highest BCUT2D eigenvalue weighted by atomic mass is 35.5. The van der Waals surface area contributed by atoms with Crippen LogP contribution in [-0.4, -0.2) is 44.3 Å². The Morgan fingerprint density at radius 2 is 0.543 bits per heavy atom. The SMILES string of the molecule is CC(C)(C)c1cc(Oc2ccc(C(=O)O)cc2)c(Oc2ccc(C(=O)O)cc2)c(C(C)(C)C)c1.CC(C)(C)c1cc(Oc2ccc(C(=O)O)cc2)c(Oc2ccc(C(=O)O)cc2)c(C(C)(C)C)c1.Cl.Cl. The van der Waals surface area contributed by atoms with Crippen molar-refractivity contribution in [3.05, 3.63) is 166 Å². The summed E-state index contributed by atoms with van der Waals surface area (Å²) in [7, 11) is 0. The zero-order valence-corrected chi connectivity index (χ0v) is 43.1. The van der Waals surface area contributed by atoms with Gasteiger partial charge in [-0.15, -0.1) is 24.8 Å². The van der Waals surface area contributed by atoms with E-state index in [2.05, 4.69) is 95.2 Å². The summed E-state index contributed by atoms with van der Waals surface area (Å²) < 4.78 is 25.1. The van der Waals surface area contributed by atoms with Gasteiger partial charge in [-0.05, 0) is 142 Å². The molecule has 0 saturated heterocycles. The van der Waals surface area contributed by atoms with E-state index >= 15 is 0 Å². The lowest BCUT2D eigenvalue weighted by molar-refractivity contribution is 0.0686. The van der Waals surface area contributed by atoms with Crippen LogP contribution in [0, 0.1) is 0 Å². The number of carboxylic acid groups (broad SMARTS) is 4. The lowest BCUT2D eigenvalue weighted by Crippen LogP contribution is -2.18. The summed E-state index contributed by atoms with van der Waals surface area (Å²) in [5.41, 5.74) is 3.75. The highest BCUT2D eigenvalue weighted by Crippen LogP contribution is 2.47. The molecule has 6 rings (SSSR count). The first-order chi connectivity index (χ1) is 31.5. The summed E-state index contributed by atoms with van der Waals surface area (Å²) in [4.78, 5) is 44.8. The molecule has 0 aliphatic heterocycles. The van der Waals surface area contributed by atoms with Crippen LogP contribution in [0.25, 0.3) is 0 Å². The van der Waals surface area contributed by atoms with Crippen LogP contribution in [-0.2, 0) is 21.7 Å². The summed E-state index contributed by atoms with van der Waals surface area (Å²) in [6.07, 6.45) is 0. The molecule has 14 heteroatoms. The molecule has 0 atom stereocenters. The molecule has 6 aromatic carbocycles. The van der Waals surface area contributed by atoms with E-state index in [1.165, 1.54) is 48.5 Å². The fourth-order valence-electron chi connectivity index (χ4n) is 6.70. The molecule has 0 aliphatic carbocycles. The van der Waals surface area contributed by atoms with Gasteiger partial charge in [0.2, 0.25) is 0 Å². The number of benzene rings is 6. The molecule has 372 valence electrons. The highest BCUT2D eigenvalue weighted by molar-refractivity contribution is 5.89. The molecule has 0 aromatic heterocycles. The molecule has 0 amide bonds. The molecule has 70 heavy (non-hydrogen) atoms. The van der Waals surface area contributed by atoms with Crippen molar-refractivity contribution in [3.63, 3.8) is 0 Å². The number of rotatable bonds is 12. The number of aromatic carboxylic acids is 4. The van der Waals surface area contributed by atoms with E-state index in [4.69, 9.17) is 18.9 Å². The first kappa shape index (κ1) is 57.3. The van der Waals surface area contributed by atoms with Crippen LogP contribution < -0.4 is 18.9 Å². The second kappa shape index (κ2) is 22.6. The standard InChI is InChI=1S/2C28H30O6.2ClH/c2*1-27(2,3)19-15-22(28(4,5)6)24(34-21-13-9-18(10-14-21)26(31)32)23(16-19)33-20-11-7-17(8-12-20)25(29)30;;/h2*7-16H,1-6H3,(H,29,30)(H,31,32);2*1H. The maximum atomic E-state index is 11.2. The second-order valence-electron chi connectivity index (χ2n) is 20.4. The molecular formula is C56H62Cl2O12. The van der Waals surface area contributed by atoms with Gasteiger partial charge in [0.15, 0.2) is 23.0 Å². The van der Waals surface area contributed by atoms with Crippen molar-refractivity contribution < 1.29 is 58.6 Å². The predicted octanol–water partition coefficient (Wildman–Crippen LogP) is 15.4. The minimum absolute atomic E-state index is 0. The van der Waals surface area contributed by atoms with Crippen molar-refractivity contribution in [3.8, 4) is 46.0 Å². The van der Waals surface area contributed by atoms with Crippen molar-refractivity contribution in [1.29, 1.82) is 0 Å². The van der Waals surface area contributed by atoms with Crippen LogP contribution in [0.4, 0.5) is 0 Å².